The van der Waals surface area contributed by atoms with Crippen molar-refractivity contribution in [2.45, 2.75) is 20.3 Å². The second-order valence-electron chi connectivity index (χ2n) is 5.82. The molecule has 0 aliphatic heterocycles. The van der Waals surface area contributed by atoms with Crippen molar-refractivity contribution in [2.24, 2.45) is 0 Å². The minimum absolute atomic E-state index is 0.0857. The van der Waals surface area contributed by atoms with E-state index >= 15 is 0 Å². The van der Waals surface area contributed by atoms with Gasteiger partial charge in [-0.3, -0.25) is 9.78 Å². The van der Waals surface area contributed by atoms with Gasteiger partial charge in [-0.15, -0.1) is 0 Å². The van der Waals surface area contributed by atoms with Gasteiger partial charge in [-0.2, -0.15) is 0 Å². The van der Waals surface area contributed by atoms with Gasteiger partial charge in [0.15, 0.2) is 0 Å². The highest BCUT2D eigenvalue weighted by molar-refractivity contribution is 5.95. The summed E-state index contributed by atoms with van der Waals surface area (Å²) in [4.78, 5) is 19.9. The van der Waals surface area contributed by atoms with Crippen LogP contribution in [0, 0.1) is 13.8 Å². The van der Waals surface area contributed by atoms with Gasteiger partial charge in [-0.05, 0) is 56.2 Å². The smallest absolute Gasteiger partial charge is 0.253 e. The molecule has 1 amide bonds. The van der Waals surface area contributed by atoms with E-state index in [1.54, 1.807) is 7.11 Å². The number of rotatable bonds is 5. The molecule has 0 atom stereocenters. The van der Waals surface area contributed by atoms with E-state index in [4.69, 9.17) is 4.74 Å². The largest absolute Gasteiger partial charge is 0.497 e. The molecule has 0 unspecified atom stereocenters. The lowest BCUT2D eigenvalue weighted by Crippen LogP contribution is -2.26. The Morgan fingerprint density at radius 3 is 2.83 bits per heavy atom. The van der Waals surface area contributed by atoms with E-state index < -0.39 is 0 Å². The van der Waals surface area contributed by atoms with Crippen molar-refractivity contribution >= 4 is 16.8 Å². The van der Waals surface area contributed by atoms with Crippen molar-refractivity contribution in [3.63, 3.8) is 0 Å². The van der Waals surface area contributed by atoms with Crippen molar-refractivity contribution in [3.8, 4) is 5.75 Å². The van der Waals surface area contributed by atoms with Crippen LogP contribution in [0.5, 0.6) is 5.75 Å². The molecular formula is C19H21N3O2. The Hall–Kier alpha value is -2.82. The van der Waals surface area contributed by atoms with Crippen molar-refractivity contribution in [1.29, 1.82) is 0 Å². The summed E-state index contributed by atoms with van der Waals surface area (Å²) >= 11 is 0. The van der Waals surface area contributed by atoms with Crippen LogP contribution in [0.4, 0.5) is 0 Å². The van der Waals surface area contributed by atoms with E-state index in [0.29, 0.717) is 12.1 Å². The fourth-order valence-electron chi connectivity index (χ4n) is 2.82. The zero-order chi connectivity index (χ0) is 17.1. The van der Waals surface area contributed by atoms with Crippen LogP contribution in [-0.2, 0) is 6.42 Å². The second kappa shape index (κ2) is 6.74. The molecule has 24 heavy (non-hydrogen) atoms. The van der Waals surface area contributed by atoms with E-state index in [1.165, 1.54) is 0 Å². The average Bonchev–Trinajstić information content (AvgIpc) is 2.97. The van der Waals surface area contributed by atoms with Gasteiger partial charge in [-0.25, -0.2) is 0 Å². The Bertz CT molecular complexity index is 883. The monoisotopic (exact) mass is 323 g/mol. The van der Waals surface area contributed by atoms with Gasteiger partial charge in [0.05, 0.1) is 18.4 Å². The summed E-state index contributed by atoms with van der Waals surface area (Å²) in [5, 5.41) is 4.09. The molecule has 0 bridgehead atoms. The Kier molecular flexibility index (Phi) is 4.51. The Balaban J connectivity index is 1.67. The van der Waals surface area contributed by atoms with Crippen LogP contribution < -0.4 is 10.1 Å². The molecule has 5 heteroatoms. The third-order valence-corrected chi connectivity index (χ3v) is 4.12. The van der Waals surface area contributed by atoms with Crippen molar-refractivity contribution in [1.82, 2.24) is 15.3 Å². The number of benzene rings is 1. The number of pyridine rings is 1. The van der Waals surface area contributed by atoms with Crippen molar-refractivity contribution in [3.05, 3.63) is 59.0 Å². The van der Waals surface area contributed by atoms with Gasteiger partial charge in [0, 0.05) is 29.3 Å². The quantitative estimate of drug-likeness (QED) is 0.758. The molecule has 2 heterocycles. The molecule has 0 aliphatic carbocycles. The number of nitrogens with zero attached hydrogens (tertiary/aromatic N) is 1. The van der Waals surface area contributed by atoms with E-state index in [-0.39, 0.29) is 5.91 Å². The molecule has 0 fully saturated rings. The lowest BCUT2D eigenvalue weighted by molar-refractivity contribution is 0.0953. The lowest BCUT2D eigenvalue weighted by Gasteiger charge is -2.08. The van der Waals surface area contributed by atoms with Crippen LogP contribution in [0.15, 0.2) is 36.5 Å². The molecule has 0 radical (unpaired) electrons. The molecule has 0 saturated carbocycles. The van der Waals surface area contributed by atoms with Crippen LogP contribution in [-0.4, -0.2) is 29.5 Å². The number of amides is 1. The van der Waals surface area contributed by atoms with Crippen molar-refractivity contribution in [2.75, 3.05) is 13.7 Å². The van der Waals surface area contributed by atoms with E-state index in [0.717, 1.165) is 40.0 Å². The van der Waals surface area contributed by atoms with Crippen LogP contribution in [0.1, 0.15) is 27.3 Å². The first-order chi connectivity index (χ1) is 11.6. The van der Waals surface area contributed by atoms with Crippen LogP contribution in [0.25, 0.3) is 10.9 Å². The van der Waals surface area contributed by atoms with Crippen molar-refractivity contribution < 1.29 is 9.53 Å². The number of carbonyl (C=O) groups excluding carboxylic acids is 1. The molecule has 2 aromatic heterocycles. The number of aromatic amines is 1. The van der Waals surface area contributed by atoms with E-state index in [1.807, 2.05) is 50.4 Å². The summed E-state index contributed by atoms with van der Waals surface area (Å²) < 4.78 is 5.28. The molecule has 3 rings (SSSR count). The zero-order valence-corrected chi connectivity index (χ0v) is 14.1. The zero-order valence-electron chi connectivity index (χ0n) is 14.1. The minimum atomic E-state index is -0.0857. The third kappa shape index (κ3) is 3.25. The first kappa shape index (κ1) is 16.1. The SMILES string of the molecule is COc1ccc2[nH]cc(CCNC(=O)c3ccc(C)nc3C)c2c1. The number of aryl methyl sites for hydroxylation is 2. The average molecular weight is 323 g/mol. The number of hydrogen-bond acceptors (Lipinski definition) is 3. The number of aromatic nitrogens is 2. The molecule has 5 nitrogen and oxygen atoms in total. The maximum absolute atomic E-state index is 12.3. The maximum Gasteiger partial charge on any atom is 0.253 e. The second-order valence-corrected chi connectivity index (χ2v) is 5.82. The Morgan fingerprint density at radius 2 is 2.08 bits per heavy atom. The van der Waals surface area contributed by atoms with Gasteiger partial charge < -0.3 is 15.0 Å². The number of methoxy groups -OCH3 is 1. The maximum atomic E-state index is 12.3. The number of nitrogens with one attached hydrogen (secondary N) is 2. The first-order valence-corrected chi connectivity index (χ1v) is 7.95. The number of hydrogen-bond donors (Lipinski definition) is 2. The fraction of sp³-hybridized carbons (Fsp3) is 0.263. The number of fused-ring (bicyclic) bond motifs is 1. The standard InChI is InChI=1S/C19H21N3O2/c1-12-4-6-16(13(2)22-12)19(23)20-9-8-14-11-21-18-7-5-15(24-3)10-17(14)18/h4-7,10-11,21H,8-9H2,1-3H3,(H,20,23). The van der Waals surface area contributed by atoms with Gasteiger partial charge in [0.1, 0.15) is 5.75 Å². The Labute approximate surface area is 141 Å². The van der Waals surface area contributed by atoms with E-state index in [2.05, 4.69) is 15.3 Å². The number of ether oxygens (including phenoxy) is 1. The molecule has 0 spiro atoms. The summed E-state index contributed by atoms with van der Waals surface area (Å²) in [6.07, 6.45) is 2.73. The first-order valence-electron chi connectivity index (χ1n) is 7.95. The summed E-state index contributed by atoms with van der Waals surface area (Å²) in [6, 6.07) is 9.61. The molecule has 0 saturated heterocycles. The topological polar surface area (TPSA) is 67.0 Å². The molecule has 0 aliphatic rings. The number of carbonyl (C=O) groups is 1. The Morgan fingerprint density at radius 1 is 1.25 bits per heavy atom. The predicted octanol–water partition coefficient (Wildman–Crippen LogP) is 3.16. The summed E-state index contributed by atoms with van der Waals surface area (Å²) in [5.74, 6) is 0.742. The molecular weight excluding hydrogens is 302 g/mol. The highest BCUT2D eigenvalue weighted by Crippen LogP contribution is 2.23. The summed E-state index contributed by atoms with van der Waals surface area (Å²) in [6.45, 7) is 4.34. The van der Waals surface area contributed by atoms with Gasteiger partial charge >= 0.3 is 0 Å². The summed E-state index contributed by atoms with van der Waals surface area (Å²) in [5.41, 5.74) is 4.51. The predicted molar refractivity (Wildman–Crippen MR) is 94.6 cm³/mol. The van der Waals surface area contributed by atoms with Gasteiger partial charge in [-0.1, -0.05) is 0 Å². The highest BCUT2D eigenvalue weighted by Gasteiger charge is 2.10. The number of H-pyrrole nitrogens is 1. The van der Waals surface area contributed by atoms with Gasteiger partial charge in [0.25, 0.3) is 5.91 Å². The molecule has 3 aromatic rings. The summed E-state index contributed by atoms with van der Waals surface area (Å²) in [7, 11) is 1.66. The third-order valence-electron chi connectivity index (χ3n) is 4.12. The molecule has 1 aromatic carbocycles. The molecule has 124 valence electrons. The van der Waals surface area contributed by atoms with Gasteiger partial charge in [0.2, 0.25) is 0 Å². The minimum Gasteiger partial charge on any atom is -0.497 e. The van der Waals surface area contributed by atoms with Crippen LogP contribution in [0.2, 0.25) is 0 Å². The molecule has 2 N–H and O–H groups in total. The lowest BCUT2D eigenvalue weighted by atomic mass is 10.1. The highest BCUT2D eigenvalue weighted by atomic mass is 16.5. The van der Waals surface area contributed by atoms with E-state index in [9.17, 15) is 4.79 Å². The van der Waals surface area contributed by atoms with Crippen LogP contribution in [0.3, 0.4) is 0 Å². The van der Waals surface area contributed by atoms with Crippen LogP contribution >= 0.6 is 0 Å². The fourth-order valence-corrected chi connectivity index (χ4v) is 2.82. The normalized spacial score (nSPS) is 10.8.